The first-order valence-electron chi connectivity index (χ1n) is 9.40. The van der Waals surface area contributed by atoms with E-state index < -0.39 is 0 Å². The lowest BCUT2D eigenvalue weighted by atomic mass is 10.2. The molecule has 0 aliphatic heterocycles. The minimum Gasteiger partial charge on any atom is -0.278 e. The SMILES string of the molecule is Cc1cc(C(=O)N(Cc2ccccc2)c2nc3ccc(F)cc3s2)nn1C(C)C. The van der Waals surface area contributed by atoms with Crippen molar-refractivity contribution in [2.75, 3.05) is 4.90 Å². The van der Waals surface area contributed by atoms with E-state index in [0.29, 0.717) is 27.6 Å². The Morgan fingerprint density at radius 3 is 2.62 bits per heavy atom. The van der Waals surface area contributed by atoms with E-state index in [-0.39, 0.29) is 17.8 Å². The molecule has 2 aromatic carbocycles. The van der Waals surface area contributed by atoms with Crippen molar-refractivity contribution in [2.24, 2.45) is 0 Å². The molecule has 2 aromatic heterocycles. The van der Waals surface area contributed by atoms with Crippen LogP contribution in [0.3, 0.4) is 0 Å². The van der Waals surface area contributed by atoms with Crippen LogP contribution in [0, 0.1) is 12.7 Å². The number of aryl methyl sites for hydroxylation is 1. The molecule has 0 unspecified atom stereocenters. The van der Waals surface area contributed by atoms with Crippen LogP contribution in [0.4, 0.5) is 9.52 Å². The van der Waals surface area contributed by atoms with Crippen LogP contribution in [-0.2, 0) is 6.54 Å². The maximum Gasteiger partial charge on any atom is 0.280 e. The Morgan fingerprint density at radius 2 is 1.93 bits per heavy atom. The number of carbonyl (C=O) groups is 1. The Morgan fingerprint density at radius 1 is 1.17 bits per heavy atom. The van der Waals surface area contributed by atoms with Gasteiger partial charge in [-0.3, -0.25) is 14.4 Å². The van der Waals surface area contributed by atoms with Gasteiger partial charge in [-0.05, 0) is 50.6 Å². The molecule has 0 fully saturated rings. The zero-order valence-corrected chi connectivity index (χ0v) is 17.3. The van der Waals surface area contributed by atoms with E-state index in [9.17, 15) is 9.18 Å². The van der Waals surface area contributed by atoms with Crippen molar-refractivity contribution in [3.8, 4) is 0 Å². The van der Waals surface area contributed by atoms with Crippen molar-refractivity contribution >= 4 is 32.6 Å². The van der Waals surface area contributed by atoms with E-state index in [2.05, 4.69) is 10.1 Å². The van der Waals surface area contributed by atoms with Gasteiger partial charge in [-0.1, -0.05) is 41.7 Å². The molecule has 0 N–H and O–H groups in total. The van der Waals surface area contributed by atoms with Crippen LogP contribution in [0.1, 0.15) is 41.6 Å². The summed E-state index contributed by atoms with van der Waals surface area (Å²) < 4.78 is 16.2. The number of anilines is 1. The number of aromatic nitrogens is 3. The van der Waals surface area contributed by atoms with Gasteiger partial charge in [-0.2, -0.15) is 5.10 Å². The second-order valence-electron chi connectivity index (χ2n) is 7.19. The zero-order valence-electron chi connectivity index (χ0n) is 16.5. The molecule has 0 aliphatic rings. The summed E-state index contributed by atoms with van der Waals surface area (Å²) in [7, 11) is 0. The Balaban J connectivity index is 1.76. The fraction of sp³-hybridized carbons (Fsp3) is 0.227. The van der Waals surface area contributed by atoms with Crippen molar-refractivity contribution in [2.45, 2.75) is 33.4 Å². The van der Waals surface area contributed by atoms with Crippen LogP contribution in [-0.4, -0.2) is 20.7 Å². The Hall–Kier alpha value is -3.06. The molecule has 4 rings (SSSR count). The number of fused-ring (bicyclic) bond motifs is 1. The first kappa shape index (κ1) is 19.3. The third-order valence-electron chi connectivity index (χ3n) is 4.63. The molecule has 0 bridgehead atoms. The number of nitrogens with zero attached hydrogens (tertiary/aromatic N) is 4. The molecule has 0 saturated carbocycles. The lowest BCUT2D eigenvalue weighted by Crippen LogP contribution is -2.30. The lowest BCUT2D eigenvalue weighted by molar-refractivity contribution is 0.0979. The summed E-state index contributed by atoms with van der Waals surface area (Å²) >= 11 is 1.30. The highest BCUT2D eigenvalue weighted by atomic mass is 32.1. The van der Waals surface area contributed by atoms with Gasteiger partial charge in [0.1, 0.15) is 5.82 Å². The van der Waals surface area contributed by atoms with E-state index in [1.807, 2.05) is 55.8 Å². The molecule has 0 aliphatic carbocycles. The average Bonchev–Trinajstić information content (AvgIpc) is 3.29. The van der Waals surface area contributed by atoms with Gasteiger partial charge < -0.3 is 0 Å². The van der Waals surface area contributed by atoms with Gasteiger partial charge in [0, 0.05) is 11.7 Å². The summed E-state index contributed by atoms with van der Waals surface area (Å²) in [4.78, 5) is 19.6. The number of amides is 1. The highest BCUT2D eigenvalue weighted by Gasteiger charge is 2.25. The minimum atomic E-state index is -0.320. The number of rotatable bonds is 5. The molecule has 0 saturated heterocycles. The van der Waals surface area contributed by atoms with Crippen LogP contribution >= 0.6 is 11.3 Å². The molecule has 0 spiro atoms. The Kier molecular flexibility index (Phi) is 5.15. The standard InChI is InChI=1S/C22H21FN4OS/c1-14(2)27-15(3)11-19(25-27)21(28)26(13-16-7-5-4-6-8-16)22-24-18-10-9-17(23)12-20(18)29-22/h4-12,14H,13H2,1-3H3. The number of benzene rings is 2. The summed E-state index contributed by atoms with van der Waals surface area (Å²) in [5.41, 5.74) is 2.94. The second-order valence-corrected chi connectivity index (χ2v) is 8.20. The van der Waals surface area contributed by atoms with Crippen molar-refractivity contribution in [3.05, 3.63) is 77.4 Å². The van der Waals surface area contributed by atoms with Gasteiger partial charge in [-0.15, -0.1) is 0 Å². The van der Waals surface area contributed by atoms with E-state index in [1.165, 1.54) is 23.5 Å². The van der Waals surface area contributed by atoms with Crippen molar-refractivity contribution < 1.29 is 9.18 Å². The molecular weight excluding hydrogens is 387 g/mol. The second kappa shape index (κ2) is 7.75. The van der Waals surface area contributed by atoms with Gasteiger partial charge in [0.25, 0.3) is 5.91 Å². The quantitative estimate of drug-likeness (QED) is 0.446. The van der Waals surface area contributed by atoms with Gasteiger partial charge in [0.05, 0.1) is 16.8 Å². The number of carbonyl (C=O) groups excluding carboxylic acids is 1. The molecule has 29 heavy (non-hydrogen) atoms. The van der Waals surface area contributed by atoms with Crippen molar-refractivity contribution in [1.29, 1.82) is 0 Å². The predicted octanol–water partition coefficient (Wildman–Crippen LogP) is 5.37. The molecule has 4 aromatic rings. The van der Waals surface area contributed by atoms with Gasteiger partial charge in [-0.25, -0.2) is 9.37 Å². The fourth-order valence-corrected chi connectivity index (χ4v) is 4.24. The van der Waals surface area contributed by atoms with E-state index in [4.69, 9.17) is 0 Å². The molecular formula is C22H21FN4OS. The van der Waals surface area contributed by atoms with Crippen LogP contribution in [0.25, 0.3) is 10.2 Å². The predicted molar refractivity (Wildman–Crippen MR) is 114 cm³/mol. The van der Waals surface area contributed by atoms with Gasteiger partial charge in [0.2, 0.25) is 0 Å². The summed E-state index contributed by atoms with van der Waals surface area (Å²) in [6, 6.07) is 16.1. The maximum absolute atomic E-state index is 13.6. The molecule has 148 valence electrons. The highest BCUT2D eigenvalue weighted by molar-refractivity contribution is 7.22. The van der Waals surface area contributed by atoms with Crippen LogP contribution in [0.2, 0.25) is 0 Å². The van der Waals surface area contributed by atoms with Crippen LogP contribution in [0.5, 0.6) is 0 Å². The number of thiazole rings is 1. The number of hydrogen-bond acceptors (Lipinski definition) is 4. The summed E-state index contributed by atoms with van der Waals surface area (Å²) in [6.45, 7) is 6.34. The van der Waals surface area contributed by atoms with Gasteiger partial charge in [0.15, 0.2) is 10.8 Å². The first-order valence-corrected chi connectivity index (χ1v) is 10.2. The maximum atomic E-state index is 13.6. The Bertz CT molecular complexity index is 1170. The molecule has 2 heterocycles. The van der Waals surface area contributed by atoms with E-state index in [0.717, 1.165) is 11.3 Å². The smallest absolute Gasteiger partial charge is 0.278 e. The fourth-order valence-electron chi connectivity index (χ4n) is 3.25. The highest BCUT2D eigenvalue weighted by Crippen LogP contribution is 2.31. The summed E-state index contributed by atoms with van der Waals surface area (Å²) in [5.74, 6) is -0.546. The topological polar surface area (TPSA) is 51.0 Å². The minimum absolute atomic E-state index is 0.157. The Labute approximate surface area is 172 Å². The largest absolute Gasteiger partial charge is 0.280 e. The summed E-state index contributed by atoms with van der Waals surface area (Å²) in [5, 5.41) is 5.03. The average molecular weight is 409 g/mol. The number of hydrogen-bond donors (Lipinski definition) is 0. The third kappa shape index (κ3) is 3.91. The summed E-state index contributed by atoms with van der Waals surface area (Å²) in [6.07, 6.45) is 0. The molecule has 0 atom stereocenters. The number of halogens is 1. The molecule has 7 heteroatoms. The van der Waals surface area contributed by atoms with Crippen molar-refractivity contribution in [1.82, 2.24) is 14.8 Å². The third-order valence-corrected chi connectivity index (χ3v) is 5.67. The normalized spacial score (nSPS) is 11.3. The molecule has 0 radical (unpaired) electrons. The molecule has 1 amide bonds. The zero-order chi connectivity index (χ0) is 20.5. The first-order chi connectivity index (χ1) is 13.9. The monoisotopic (exact) mass is 408 g/mol. The van der Waals surface area contributed by atoms with Crippen molar-refractivity contribution in [3.63, 3.8) is 0 Å². The van der Waals surface area contributed by atoms with E-state index >= 15 is 0 Å². The van der Waals surface area contributed by atoms with Crippen LogP contribution in [0.15, 0.2) is 54.6 Å². The van der Waals surface area contributed by atoms with E-state index in [1.54, 1.807) is 17.0 Å². The van der Waals surface area contributed by atoms with Gasteiger partial charge >= 0.3 is 0 Å². The van der Waals surface area contributed by atoms with Crippen LogP contribution < -0.4 is 4.90 Å². The molecule has 5 nitrogen and oxygen atoms in total. The lowest BCUT2D eigenvalue weighted by Gasteiger charge is -2.19.